The van der Waals surface area contributed by atoms with Crippen LogP contribution in [0.25, 0.3) is 0 Å². The second-order valence-corrected chi connectivity index (χ2v) is 8.33. The van der Waals surface area contributed by atoms with E-state index in [9.17, 15) is 10.1 Å². The fourth-order valence-electron chi connectivity index (χ4n) is 3.22. The van der Waals surface area contributed by atoms with Crippen LogP contribution in [-0.4, -0.2) is 12.5 Å². The van der Waals surface area contributed by atoms with Crippen LogP contribution in [0.2, 0.25) is 0 Å². The van der Waals surface area contributed by atoms with Gasteiger partial charge in [-0.25, -0.2) is 0 Å². The molecule has 0 bridgehead atoms. The van der Waals surface area contributed by atoms with Crippen molar-refractivity contribution in [2.75, 3.05) is 11.9 Å². The first-order chi connectivity index (χ1) is 12.5. The Hall–Kier alpha value is -2.32. The Balaban J connectivity index is 1.62. The monoisotopic (exact) mass is 368 g/mol. The number of fused-ring (bicyclic) bond motifs is 1. The van der Waals surface area contributed by atoms with Crippen LogP contribution in [0.4, 0.5) is 5.00 Å². The van der Waals surface area contributed by atoms with E-state index in [4.69, 9.17) is 4.74 Å². The summed E-state index contributed by atoms with van der Waals surface area (Å²) < 4.78 is 5.58. The van der Waals surface area contributed by atoms with Crippen molar-refractivity contribution in [1.29, 1.82) is 5.26 Å². The summed E-state index contributed by atoms with van der Waals surface area (Å²) in [4.78, 5) is 13.5. The van der Waals surface area contributed by atoms with Crippen molar-refractivity contribution >= 4 is 22.2 Å². The zero-order valence-corrected chi connectivity index (χ0v) is 16.3. The molecule has 3 rings (SSSR count). The van der Waals surface area contributed by atoms with Gasteiger partial charge < -0.3 is 10.1 Å². The summed E-state index contributed by atoms with van der Waals surface area (Å²) in [5, 5.41) is 13.0. The molecule has 1 N–H and O–H groups in total. The summed E-state index contributed by atoms with van der Waals surface area (Å²) in [6.45, 7) is 6.44. The number of nitriles is 1. The molecule has 1 aliphatic carbocycles. The van der Waals surface area contributed by atoms with Crippen molar-refractivity contribution in [3.8, 4) is 11.8 Å². The predicted molar refractivity (Wildman–Crippen MR) is 105 cm³/mol. The number of rotatable bonds is 5. The number of hydrogen-bond acceptors (Lipinski definition) is 4. The van der Waals surface area contributed by atoms with Crippen molar-refractivity contribution in [2.45, 2.75) is 46.0 Å². The zero-order valence-electron chi connectivity index (χ0n) is 15.5. The van der Waals surface area contributed by atoms with Gasteiger partial charge in [0.05, 0.1) is 5.56 Å². The molecule has 4 nitrogen and oxygen atoms in total. The van der Waals surface area contributed by atoms with Gasteiger partial charge in [0.1, 0.15) is 16.8 Å². The van der Waals surface area contributed by atoms with Crippen LogP contribution in [-0.2, 0) is 17.6 Å². The Bertz CT molecular complexity index is 831. The van der Waals surface area contributed by atoms with E-state index in [2.05, 4.69) is 32.2 Å². The highest BCUT2D eigenvalue weighted by molar-refractivity contribution is 7.16. The first kappa shape index (κ1) is 18.5. The van der Waals surface area contributed by atoms with Crippen LogP contribution in [0.5, 0.6) is 5.75 Å². The predicted octanol–water partition coefficient (Wildman–Crippen LogP) is 4.89. The Labute approximate surface area is 158 Å². The van der Waals surface area contributed by atoms with E-state index in [1.54, 1.807) is 0 Å². The Kier molecular flexibility index (Phi) is 5.63. The molecule has 136 valence electrons. The maximum Gasteiger partial charge on any atom is 0.262 e. The van der Waals surface area contributed by atoms with E-state index in [0.717, 1.165) is 24.8 Å². The summed E-state index contributed by atoms with van der Waals surface area (Å²) in [7, 11) is 0. The molecule has 0 spiro atoms. The molecule has 1 atom stereocenters. The summed E-state index contributed by atoms with van der Waals surface area (Å²) in [6.07, 6.45) is 3.01. The highest BCUT2D eigenvalue weighted by atomic mass is 32.1. The largest absolute Gasteiger partial charge is 0.484 e. The van der Waals surface area contributed by atoms with Gasteiger partial charge in [-0.3, -0.25) is 4.79 Å². The number of ether oxygens (including phenoxy) is 1. The van der Waals surface area contributed by atoms with Crippen LogP contribution >= 0.6 is 11.3 Å². The topological polar surface area (TPSA) is 62.1 Å². The number of carbonyl (C=O) groups is 1. The zero-order chi connectivity index (χ0) is 18.7. The molecule has 26 heavy (non-hydrogen) atoms. The molecule has 2 aromatic rings. The molecule has 0 fully saturated rings. The standard InChI is InChI=1S/C21H24N2O2S/c1-13(2)15-5-7-16(8-6-15)25-12-20(24)23-21-18(11-22)17-9-4-14(3)10-19(17)26-21/h5-8,13-14H,4,9-10,12H2,1-3H3,(H,23,24)/t14-/m1/s1. The second kappa shape index (κ2) is 7.92. The normalized spacial score (nSPS) is 16.0. The Morgan fingerprint density at radius 2 is 2.12 bits per heavy atom. The first-order valence-electron chi connectivity index (χ1n) is 9.05. The van der Waals surface area contributed by atoms with E-state index in [-0.39, 0.29) is 12.5 Å². The van der Waals surface area contributed by atoms with E-state index in [1.807, 2.05) is 24.3 Å². The highest BCUT2D eigenvalue weighted by Crippen LogP contribution is 2.39. The smallest absolute Gasteiger partial charge is 0.262 e. The van der Waals surface area contributed by atoms with Crippen LogP contribution in [0, 0.1) is 17.2 Å². The second-order valence-electron chi connectivity index (χ2n) is 7.23. The number of nitrogens with zero attached hydrogens (tertiary/aromatic N) is 1. The van der Waals surface area contributed by atoms with Crippen molar-refractivity contribution in [2.24, 2.45) is 5.92 Å². The number of amides is 1. The molecule has 1 aromatic carbocycles. The van der Waals surface area contributed by atoms with Gasteiger partial charge in [-0.1, -0.05) is 32.9 Å². The minimum Gasteiger partial charge on any atom is -0.484 e. The summed E-state index contributed by atoms with van der Waals surface area (Å²) in [5.74, 6) is 1.53. The maximum absolute atomic E-state index is 12.3. The molecule has 5 heteroatoms. The first-order valence-corrected chi connectivity index (χ1v) is 9.86. The Morgan fingerprint density at radius 1 is 1.38 bits per heavy atom. The average molecular weight is 369 g/mol. The third kappa shape index (κ3) is 4.08. The van der Waals surface area contributed by atoms with Gasteiger partial charge in [0.2, 0.25) is 0 Å². The third-order valence-electron chi connectivity index (χ3n) is 4.79. The number of carbonyl (C=O) groups excluding carboxylic acids is 1. The fraction of sp³-hybridized carbons (Fsp3) is 0.429. The highest BCUT2D eigenvalue weighted by Gasteiger charge is 2.24. The van der Waals surface area contributed by atoms with Crippen molar-refractivity contribution in [3.63, 3.8) is 0 Å². The number of benzene rings is 1. The van der Waals surface area contributed by atoms with Gasteiger partial charge in [-0.05, 0) is 54.4 Å². The van der Waals surface area contributed by atoms with Gasteiger partial charge in [0.25, 0.3) is 5.91 Å². The molecule has 1 amide bonds. The summed E-state index contributed by atoms with van der Waals surface area (Å²) >= 11 is 1.54. The fourth-order valence-corrected chi connectivity index (χ4v) is 4.60. The minimum atomic E-state index is -0.235. The molecule has 1 aliphatic rings. The summed E-state index contributed by atoms with van der Waals surface area (Å²) in [6, 6.07) is 10.1. The molecule has 0 aliphatic heterocycles. The van der Waals surface area contributed by atoms with Gasteiger partial charge in [0.15, 0.2) is 6.61 Å². The van der Waals surface area contributed by atoms with Crippen LogP contribution in [0.1, 0.15) is 54.7 Å². The SMILES string of the molecule is CC(C)c1ccc(OCC(=O)Nc2sc3c(c2C#N)CC[C@@H](C)C3)cc1. The number of hydrogen-bond donors (Lipinski definition) is 1. The molecule has 0 saturated heterocycles. The molecule has 1 heterocycles. The van der Waals surface area contributed by atoms with Gasteiger partial charge in [-0.2, -0.15) is 5.26 Å². The van der Waals surface area contributed by atoms with Gasteiger partial charge in [-0.15, -0.1) is 11.3 Å². The van der Waals surface area contributed by atoms with E-state index < -0.39 is 0 Å². The quantitative estimate of drug-likeness (QED) is 0.818. The van der Waals surface area contributed by atoms with E-state index in [0.29, 0.717) is 28.1 Å². The van der Waals surface area contributed by atoms with Crippen molar-refractivity contribution in [3.05, 3.63) is 45.8 Å². The number of thiophene rings is 1. The molecule has 1 aromatic heterocycles. The number of nitrogens with one attached hydrogen (secondary N) is 1. The molecule has 0 unspecified atom stereocenters. The molecular formula is C21H24N2O2S. The van der Waals surface area contributed by atoms with Gasteiger partial charge in [0, 0.05) is 4.88 Å². The van der Waals surface area contributed by atoms with E-state index >= 15 is 0 Å². The lowest BCUT2D eigenvalue weighted by Gasteiger charge is -2.17. The molecule has 0 saturated carbocycles. The van der Waals surface area contributed by atoms with Crippen LogP contribution in [0.15, 0.2) is 24.3 Å². The maximum atomic E-state index is 12.3. The molecular weight excluding hydrogens is 344 g/mol. The van der Waals surface area contributed by atoms with E-state index in [1.165, 1.54) is 21.8 Å². The average Bonchev–Trinajstić information content (AvgIpc) is 2.96. The third-order valence-corrected chi connectivity index (χ3v) is 5.96. The van der Waals surface area contributed by atoms with Gasteiger partial charge >= 0.3 is 0 Å². The van der Waals surface area contributed by atoms with Crippen LogP contribution in [0.3, 0.4) is 0 Å². The van der Waals surface area contributed by atoms with Crippen molar-refractivity contribution in [1.82, 2.24) is 0 Å². The minimum absolute atomic E-state index is 0.0646. The van der Waals surface area contributed by atoms with Crippen LogP contribution < -0.4 is 10.1 Å². The Morgan fingerprint density at radius 3 is 2.77 bits per heavy atom. The van der Waals surface area contributed by atoms with Crippen molar-refractivity contribution < 1.29 is 9.53 Å². The lowest BCUT2D eigenvalue weighted by molar-refractivity contribution is -0.118. The lowest BCUT2D eigenvalue weighted by atomic mass is 9.89. The molecule has 0 radical (unpaired) electrons. The lowest BCUT2D eigenvalue weighted by Crippen LogP contribution is -2.20. The summed E-state index contributed by atoms with van der Waals surface area (Å²) in [5.41, 5.74) is 2.99. The number of anilines is 1.